The highest BCUT2D eigenvalue weighted by Crippen LogP contribution is 2.31. The molecule has 0 aromatic heterocycles. The standard InChI is InChI=1S/C39H52I6N2O6/c1-2-3-4-5-6-7-8-9-10-11-12-13-14-15-16-17-35(50)53-26(24-51-33(48)20-18-27-29(40)22-31(42)38(46)36(27)44)25-52-34(49)21-19-28-30(41)23-32(43)39(47)37(28)45/h9-10,22-23,26H,2-8,11-21,24-25,46-47H2,1H3/b10-9+. The summed E-state index contributed by atoms with van der Waals surface area (Å²) in [5, 5.41) is 0. The number of benzene rings is 2. The molecule has 8 nitrogen and oxygen atoms in total. The zero-order chi connectivity index (χ0) is 39.2. The molecule has 0 saturated heterocycles. The number of anilines is 2. The van der Waals surface area contributed by atoms with Gasteiger partial charge in [-0.1, -0.05) is 70.4 Å². The van der Waals surface area contributed by atoms with E-state index >= 15 is 0 Å². The SMILES string of the molecule is CCCCCCCC/C=C/CCCCCCCC(=O)OC(COC(=O)CCc1c(I)cc(I)c(N)c1I)COC(=O)CCc1c(I)cc(I)c(N)c1I. The summed E-state index contributed by atoms with van der Waals surface area (Å²) >= 11 is 13.3. The Kier molecular flexibility index (Phi) is 27.1. The van der Waals surface area contributed by atoms with Gasteiger partial charge in [0, 0.05) is 40.7 Å². The second-order valence-corrected chi connectivity index (χ2v) is 19.7. The molecule has 296 valence electrons. The van der Waals surface area contributed by atoms with Crippen LogP contribution in [0.4, 0.5) is 11.4 Å². The van der Waals surface area contributed by atoms with E-state index in [2.05, 4.69) is 155 Å². The number of hydrogen-bond acceptors (Lipinski definition) is 8. The lowest BCUT2D eigenvalue weighted by Gasteiger charge is -2.19. The number of carbonyl (C=O) groups excluding carboxylic acids is 3. The van der Waals surface area contributed by atoms with Crippen LogP contribution in [-0.2, 0) is 41.4 Å². The van der Waals surface area contributed by atoms with E-state index in [0.717, 1.165) is 64.7 Å². The van der Waals surface area contributed by atoms with Crippen molar-refractivity contribution in [1.82, 2.24) is 0 Å². The van der Waals surface area contributed by atoms with Crippen LogP contribution in [0.1, 0.15) is 121 Å². The zero-order valence-electron chi connectivity index (χ0n) is 30.4. The number of esters is 3. The van der Waals surface area contributed by atoms with Crippen LogP contribution in [0.5, 0.6) is 0 Å². The summed E-state index contributed by atoms with van der Waals surface area (Å²) < 4.78 is 22.6. The second-order valence-electron chi connectivity index (χ2n) is 12.9. The minimum absolute atomic E-state index is 0.137. The molecule has 0 radical (unpaired) electrons. The summed E-state index contributed by atoms with van der Waals surface area (Å²) in [5.74, 6) is -1.26. The van der Waals surface area contributed by atoms with E-state index < -0.39 is 24.0 Å². The predicted octanol–water partition coefficient (Wildman–Crippen LogP) is 12.1. The summed E-state index contributed by atoms with van der Waals surface area (Å²) in [6, 6.07) is 3.99. The molecule has 0 aliphatic heterocycles. The smallest absolute Gasteiger partial charge is 0.306 e. The largest absolute Gasteiger partial charge is 0.462 e. The molecule has 0 unspecified atom stereocenters. The number of nitrogen functional groups attached to an aromatic ring is 2. The highest BCUT2D eigenvalue weighted by Gasteiger charge is 2.21. The van der Waals surface area contributed by atoms with Gasteiger partial charge in [-0.25, -0.2) is 0 Å². The van der Waals surface area contributed by atoms with Crippen molar-refractivity contribution in [2.45, 2.75) is 129 Å². The van der Waals surface area contributed by atoms with E-state index in [-0.39, 0.29) is 32.5 Å². The van der Waals surface area contributed by atoms with Crippen molar-refractivity contribution in [1.29, 1.82) is 0 Å². The van der Waals surface area contributed by atoms with E-state index in [1.165, 1.54) is 44.9 Å². The van der Waals surface area contributed by atoms with Crippen LogP contribution in [0, 0.1) is 21.4 Å². The molecule has 53 heavy (non-hydrogen) atoms. The highest BCUT2D eigenvalue weighted by atomic mass is 127. The number of allylic oxidation sites excluding steroid dienone is 2. The molecule has 0 spiro atoms. The van der Waals surface area contributed by atoms with Crippen molar-refractivity contribution >= 4 is 165 Å². The second kappa shape index (κ2) is 28.9. The molecule has 0 heterocycles. The molecule has 4 N–H and O–H groups in total. The Morgan fingerprint density at radius 3 is 1.45 bits per heavy atom. The lowest BCUT2D eigenvalue weighted by Crippen LogP contribution is -2.31. The zero-order valence-corrected chi connectivity index (χ0v) is 43.3. The van der Waals surface area contributed by atoms with Crippen molar-refractivity contribution in [3.8, 4) is 0 Å². The number of unbranched alkanes of at least 4 members (excludes halogenated alkanes) is 11. The maximum atomic E-state index is 12.8. The number of rotatable bonds is 26. The van der Waals surface area contributed by atoms with E-state index in [9.17, 15) is 14.4 Å². The first-order valence-corrected chi connectivity index (χ1v) is 24.8. The summed E-state index contributed by atoms with van der Waals surface area (Å²) in [5.41, 5.74) is 15.8. The van der Waals surface area contributed by atoms with Gasteiger partial charge in [0.15, 0.2) is 6.10 Å². The van der Waals surface area contributed by atoms with Crippen LogP contribution in [-0.4, -0.2) is 37.2 Å². The molecule has 0 saturated carbocycles. The molecule has 0 amide bonds. The van der Waals surface area contributed by atoms with Gasteiger partial charge in [-0.15, -0.1) is 0 Å². The fourth-order valence-corrected chi connectivity index (χ4v) is 13.2. The van der Waals surface area contributed by atoms with Gasteiger partial charge in [0.05, 0.1) is 11.4 Å². The Morgan fingerprint density at radius 1 is 0.585 bits per heavy atom. The van der Waals surface area contributed by atoms with Gasteiger partial charge in [-0.2, -0.15) is 0 Å². The lowest BCUT2D eigenvalue weighted by molar-refractivity contribution is -0.166. The maximum Gasteiger partial charge on any atom is 0.306 e. The van der Waals surface area contributed by atoms with Crippen molar-refractivity contribution in [3.05, 3.63) is 56.8 Å². The van der Waals surface area contributed by atoms with E-state index in [1.807, 2.05) is 12.1 Å². The third-order valence-corrected chi connectivity index (χ3v) is 14.7. The molecule has 2 rings (SSSR count). The van der Waals surface area contributed by atoms with Crippen LogP contribution < -0.4 is 11.5 Å². The van der Waals surface area contributed by atoms with Gasteiger partial charge < -0.3 is 25.7 Å². The number of carbonyl (C=O) groups is 3. The quantitative estimate of drug-likeness (QED) is 0.0238. The average molecular weight is 1410 g/mol. The summed E-state index contributed by atoms with van der Waals surface area (Å²) in [7, 11) is 0. The number of halogens is 6. The lowest BCUT2D eigenvalue weighted by atomic mass is 10.1. The Morgan fingerprint density at radius 2 is 1.00 bits per heavy atom. The first-order valence-electron chi connectivity index (χ1n) is 18.3. The highest BCUT2D eigenvalue weighted by molar-refractivity contribution is 14.1. The first kappa shape index (κ1) is 49.7. The molecule has 0 fully saturated rings. The minimum atomic E-state index is -0.901. The van der Waals surface area contributed by atoms with E-state index in [4.69, 9.17) is 25.7 Å². The number of nitrogens with two attached hydrogens (primary N) is 2. The van der Waals surface area contributed by atoms with Gasteiger partial charge >= 0.3 is 17.9 Å². The molecule has 2 aromatic carbocycles. The molecule has 0 bridgehead atoms. The van der Waals surface area contributed by atoms with Gasteiger partial charge in [0.1, 0.15) is 13.2 Å². The van der Waals surface area contributed by atoms with Crippen LogP contribution in [0.25, 0.3) is 0 Å². The van der Waals surface area contributed by atoms with Gasteiger partial charge in [-0.3, -0.25) is 14.4 Å². The molecule has 14 heteroatoms. The van der Waals surface area contributed by atoms with Crippen LogP contribution in [0.2, 0.25) is 0 Å². The third kappa shape index (κ3) is 20.2. The topological polar surface area (TPSA) is 131 Å². The summed E-state index contributed by atoms with van der Waals surface area (Å²) in [4.78, 5) is 38.4. The molecular formula is C39H52I6N2O6. The van der Waals surface area contributed by atoms with Gasteiger partial charge in [0.25, 0.3) is 0 Å². The van der Waals surface area contributed by atoms with E-state index in [0.29, 0.717) is 30.6 Å². The first-order chi connectivity index (χ1) is 25.3. The normalized spacial score (nSPS) is 11.4. The van der Waals surface area contributed by atoms with Crippen LogP contribution in [0.15, 0.2) is 24.3 Å². The number of ether oxygens (including phenoxy) is 3. The Hall–Kier alpha value is 0.570. The van der Waals surface area contributed by atoms with Crippen molar-refractivity contribution < 1.29 is 28.6 Å². The van der Waals surface area contributed by atoms with Crippen molar-refractivity contribution in [2.75, 3.05) is 24.7 Å². The predicted molar refractivity (Wildman–Crippen MR) is 266 cm³/mol. The van der Waals surface area contributed by atoms with Crippen molar-refractivity contribution in [2.24, 2.45) is 0 Å². The Bertz CT molecular complexity index is 1420. The minimum Gasteiger partial charge on any atom is -0.462 e. The van der Waals surface area contributed by atoms with E-state index in [1.54, 1.807) is 0 Å². The number of hydrogen-bond donors (Lipinski definition) is 2. The molecule has 2 aromatic rings. The Balaban J connectivity index is 1.82. The average Bonchev–Trinajstić information content (AvgIpc) is 3.12. The van der Waals surface area contributed by atoms with Gasteiger partial charge in [0.2, 0.25) is 0 Å². The van der Waals surface area contributed by atoms with Gasteiger partial charge in [-0.05, 0) is 204 Å². The van der Waals surface area contributed by atoms with Crippen LogP contribution in [0.3, 0.4) is 0 Å². The fourth-order valence-electron chi connectivity index (χ4n) is 5.43. The maximum absolute atomic E-state index is 12.8. The summed E-state index contributed by atoms with van der Waals surface area (Å²) in [6.45, 7) is 1.85. The molecule has 0 aliphatic carbocycles. The monoisotopic (exact) mass is 1410 g/mol. The fraction of sp³-hybridized carbons (Fsp3) is 0.564. The summed E-state index contributed by atoms with van der Waals surface area (Å²) in [6.07, 6.45) is 20.4. The molecule has 0 aliphatic rings. The molecule has 0 atom stereocenters. The van der Waals surface area contributed by atoms with Crippen molar-refractivity contribution in [3.63, 3.8) is 0 Å². The Labute approximate surface area is 398 Å². The van der Waals surface area contributed by atoms with Crippen LogP contribution >= 0.6 is 136 Å². The third-order valence-electron chi connectivity index (χ3n) is 8.56. The molecular weight excluding hydrogens is 1350 g/mol.